The smallest absolute Gasteiger partial charge is 0.121 e. The quantitative estimate of drug-likeness (QED) is 0.551. The van der Waals surface area contributed by atoms with Crippen LogP contribution in [0.15, 0.2) is 36.7 Å². The number of hydrogen-bond donors (Lipinski definition) is 1. The molecule has 0 aliphatic carbocycles. The van der Waals surface area contributed by atoms with Crippen molar-refractivity contribution < 1.29 is 9.47 Å². The van der Waals surface area contributed by atoms with E-state index in [9.17, 15) is 0 Å². The first-order chi connectivity index (χ1) is 13.7. The molecule has 2 aromatic heterocycles. The van der Waals surface area contributed by atoms with E-state index in [1.54, 1.807) is 0 Å². The minimum Gasteiger partial charge on any atom is -0.492 e. The van der Waals surface area contributed by atoms with Crippen molar-refractivity contribution in [2.24, 2.45) is 0 Å². The van der Waals surface area contributed by atoms with E-state index < -0.39 is 0 Å². The lowest BCUT2D eigenvalue weighted by Crippen LogP contribution is -2.38. The van der Waals surface area contributed by atoms with Gasteiger partial charge in [-0.1, -0.05) is 17.7 Å². The predicted octanol–water partition coefficient (Wildman–Crippen LogP) is 4.54. The molecule has 3 heterocycles. The Morgan fingerprint density at radius 2 is 2.04 bits per heavy atom. The van der Waals surface area contributed by atoms with Gasteiger partial charge in [-0.15, -0.1) is 0 Å². The maximum Gasteiger partial charge on any atom is 0.121 e. The van der Waals surface area contributed by atoms with Gasteiger partial charge in [-0.25, -0.2) is 0 Å². The molecule has 0 bridgehead atoms. The zero-order chi connectivity index (χ0) is 19.1. The van der Waals surface area contributed by atoms with E-state index in [1.807, 2.05) is 18.5 Å². The summed E-state index contributed by atoms with van der Waals surface area (Å²) in [5.41, 5.74) is 3.31. The Morgan fingerprint density at radius 3 is 2.89 bits per heavy atom. The molecule has 0 atom stereocenters. The van der Waals surface area contributed by atoms with Crippen LogP contribution >= 0.6 is 11.6 Å². The van der Waals surface area contributed by atoms with Gasteiger partial charge < -0.3 is 14.5 Å². The fourth-order valence-corrected chi connectivity index (χ4v) is 4.34. The molecule has 0 spiro atoms. The molecule has 0 amide bonds. The number of fused-ring (bicyclic) bond motifs is 5. The van der Waals surface area contributed by atoms with E-state index in [2.05, 4.69) is 40.0 Å². The monoisotopic (exact) mass is 395 g/mol. The number of aryl methyl sites for hydroxylation is 1. The molecule has 0 unspecified atom stereocenters. The second-order valence-electron chi connectivity index (χ2n) is 7.30. The van der Waals surface area contributed by atoms with Gasteiger partial charge in [-0.05, 0) is 36.1 Å². The fourth-order valence-electron chi connectivity index (χ4n) is 4.03. The Balaban J connectivity index is 1.49. The van der Waals surface area contributed by atoms with Gasteiger partial charge in [0.2, 0.25) is 0 Å². The minimum absolute atomic E-state index is 0.639. The molecule has 5 rings (SSSR count). The number of pyridine rings is 1. The number of benzene rings is 2. The number of nitrogens with zero attached hydrogens (tertiary/aromatic N) is 2. The van der Waals surface area contributed by atoms with E-state index in [4.69, 9.17) is 21.1 Å². The predicted molar refractivity (Wildman–Crippen MR) is 114 cm³/mol. The van der Waals surface area contributed by atoms with Crippen molar-refractivity contribution in [2.75, 3.05) is 39.5 Å². The van der Waals surface area contributed by atoms with Crippen LogP contribution in [-0.4, -0.2) is 54.3 Å². The summed E-state index contributed by atoms with van der Waals surface area (Å²) in [5.74, 6) is 0.805. The first-order valence-corrected chi connectivity index (χ1v) is 9.99. The van der Waals surface area contributed by atoms with Crippen molar-refractivity contribution in [3.05, 3.63) is 47.2 Å². The molecule has 6 heteroatoms. The molecule has 28 heavy (non-hydrogen) atoms. The van der Waals surface area contributed by atoms with Gasteiger partial charge in [0.15, 0.2) is 0 Å². The van der Waals surface area contributed by atoms with Crippen molar-refractivity contribution in [1.29, 1.82) is 0 Å². The van der Waals surface area contributed by atoms with E-state index in [0.717, 1.165) is 76.7 Å². The molecule has 0 radical (unpaired) electrons. The topological polar surface area (TPSA) is 50.4 Å². The van der Waals surface area contributed by atoms with Gasteiger partial charge in [0.1, 0.15) is 12.4 Å². The number of morpholine rings is 1. The number of rotatable bonds is 4. The summed E-state index contributed by atoms with van der Waals surface area (Å²) >= 11 is 6.72. The number of aromatic amines is 1. The van der Waals surface area contributed by atoms with Crippen molar-refractivity contribution in [1.82, 2.24) is 14.9 Å². The highest BCUT2D eigenvalue weighted by molar-refractivity contribution is 6.39. The summed E-state index contributed by atoms with van der Waals surface area (Å²) in [5, 5.41) is 5.03. The highest BCUT2D eigenvalue weighted by atomic mass is 35.5. The van der Waals surface area contributed by atoms with Crippen LogP contribution in [0, 0.1) is 6.92 Å². The Bertz CT molecular complexity index is 1170. The SMILES string of the molecule is Cc1cncc2c1[nH]c1ccc3cc(OCCN4CCOCC4)cc(Cl)c3c12. The van der Waals surface area contributed by atoms with Crippen molar-refractivity contribution in [2.45, 2.75) is 6.92 Å². The van der Waals surface area contributed by atoms with E-state index in [1.165, 1.54) is 0 Å². The number of H-pyrrole nitrogens is 1. The number of halogens is 1. The normalized spacial score (nSPS) is 15.6. The van der Waals surface area contributed by atoms with Crippen LogP contribution < -0.4 is 4.74 Å². The molecule has 144 valence electrons. The van der Waals surface area contributed by atoms with Gasteiger partial charge >= 0.3 is 0 Å². The molecule has 1 aliphatic rings. The third-order valence-electron chi connectivity index (χ3n) is 5.49. The first kappa shape index (κ1) is 17.7. The third kappa shape index (κ3) is 3.09. The lowest BCUT2D eigenvalue weighted by molar-refractivity contribution is 0.0322. The highest BCUT2D eigenvalue weighted by Gasteiger charge is 2.14. The molecule has 0 saturated carbocycles. The van der Waals surface area contributed by atoms with E-state index >= 15 is 0 Å². The molecule has 1 saturated heterocycles. The van der Waals surface area contributed by atoms with Crippen LogP contribution in [0.5, 0.6) is 5.75 Å². The summed E-state index contributed by atoms with van der Waals surface area (Å²) in [7, 11) is 0. The average Bonchev–Trinajstić information content (AvgIpc) is 3.09. The van der Waals surface area contributed by atoms with Gasteiger partial charge in [0, 0.05) is 53.7 Å². The second-order valence-corrected chi connectivity index (χ2v) is 7.70. The average molecular weight is 396 g/mol. The first-order valence-electron chi connectivity index (χ1n) is 9.62. The van der Waals surface area contributed by atoms with Crippen molar-refractivity contribution >= 4 is 44.2 Å². The molecule has 2 aromatic carbocycles. The molecular weight excluding hydrogens is 374 g/mol. The molecular formula is C22H22ClN3O2. The standard InChI is InChI=1S/C22H22ClN3O2/c1-14-12-24-13-17-21-19(25-22(14)17)3-2-15-10-16(11-18(23)20(15)21)28-9-6-26-4-7-27-8-5-26/h2-3,10-13,25H,4-9H2,1H3. The Kier molecular flexibility index (Phi) is 4.59. The number of hydrogen-bond acceptors (Lipinski definition) is 4. The summed E-state index contributed by atoms with van der Waals surface area (Å²) in [6, 6.07) is 8.19. The summed E-state index contributed by atoms with van der Waals surface area (Å²) < 4.78 is 11.4. The number of nitrogens with one attached hydrogen (secondary N) is 1. The van der Waals surface area contributed by atoms with Crippen LogP contribution in [0.1, 0.15) is 5.56 Å². The maximum absolute atomic E-state index is 6.72. The lowest BCUT2D eigenvalue weighted by atomic mass is 10.0. The van der Waals surface area contributed by atoms with Crippen LogP contribution in [0.4, 0.5) is 0 Å². The Morgan fingerprint density at radius 1 is 1.18 bits per heavy atom. The van der Waals surface area contributed by atoms with Gasteiger partial charge in [0.05, 0.1) is 23.8 Å². The summed E-state index contributed by atoms with van der Waals surface area (Å²) in [6.45, 7) is 7.13. The molecule has 4 aromatic rings. The zero-order valence-corrected chi connectivity index (χ0v) is 16.6. The fraction of sp³-hybridized carbons (Fsp3) is 0.318. The Labute approximate surface area is 168 Å². The summed E-state index contributed by atoms with van der Waals surface area (Å²) in [4.78, 5) is 10.2. The zero-order valence-electron chi connectivity index (χ0n) is 15.8. The molecule has 1 aliphatic heterocycles. The summed E-state index contributed by atoms with van der Waals surface area (Å²) in [6.07, 6.45) is 3.78. The van der Waals surface area contributed by atoms with Gasteiger partial charge in [0.25, 0.3) is 0 Å². The van der Waals surface area contributed by atoms with Gasteiger partial charge in [-0.2, -0.15) is 0 Å². The van der Waals surface area contributed by atoms with E-state index in [-0.39, 0.29) is 0 Å². The van der Waals surface area contributed by atoms with Crippen LogP contribution in [0.25, 0.3) is 32.6 Å². The van der Waals surface area contributed by atoms with Crippen molar-refractivity contribution in [3.8, 4) is 5.75 Å². The Hall–Kier alpha value is -2.34. The second kappa shape index (κ2) is 7.24. The molecule has 1 fully saturated rings. The number of ether oxygens (including phenoxy) is 2. The van der Waals surface area contributed by atoms with Crippen LogP contribution in [0.3, 0.4) is 0 Å². The maximum atomic E-state index is 6.72. The minimum atomic E-state index is 0.639. The largest absolute Gasteiger partial charge is 0.492 e. The molecule has 1 N–H and O–H groups in total. The van der Waals surface area contributed by atoms with Crippen molar-refractivity contribution in [3.63, 3.8) is 0 Å². The van der Waals surface area contributed by atoms with Crippen LogP contribution in [0.2, 0.25) is 5.02 Å². The van der Waals surface area contributed by atoms with Gasteiger partial charge in [-0.3, -0.25) is 9.88 Å². The lowest BCUT2D eigenvalue weighted by Gasteiger charge is -2.26. The highest BCUT2D eigenvalue weighted by Crippen LogP contribution is 2.38. The number of aromatic nitrogens is 2. The molecule has 5 nitrogen and oxygen atoms in total. The third-order valence-corrected chi connectivity index (χ3v) is 5.79. The van der Waals surface area contributed by atoms with Crippen LogP contribution in [-0.2, 0) is 4.74 Å². The van der Waals surface area contributed by atoms with E-state index in [0.29, 0.717) is 11.6 Å².